The highest BCUT2D eigenvalue weighted by atomic mass is 19.3. The standard InChI is InChI=1S/C22H18F2N4O4/c23-22(24)10-8-21(9-11-22)19(30)28(20(31)27-21)13-17(29)14-4-6-16(7-5-14)32-18-3-1-2-15(12-25)26-18/h1-7H,8-11,13H2,(H,27,31). The van der Waals surface area contributed by atoms with Gasteiger partial charge in [-0.1, -0.05) is 6.07 Å². The molecule has 10 heteroatoms. The third-order valence-electron chi connectivity index (χ3n) is 5.62. The van der Waals surface area contributed by atoms with Crippen LogP contribution in [0.5, 0.6) is 11.6 Å². The van der Waals surface area contributed by atoms with Crippen molar-refractivity contribution in [3.8, 4) is 17.7 Å². The third kappa shape index (κ3) is 4.14. The first-order chi connectivity index (χ1) is 15.2. The number of Topliss-reactive ketones (excluding diaryl/α,β-unsaturated/α-hetero) is 1. The summed E-state index contributed by atoms with van der Waals surface area (Å²) in [6.07, 6.45) is -1.31. The highest BCUT2D eigenvalue weighted by Crippen LogP contribution is 2.41. The number of nitrogens with one attached hydrogen (secondary N) is 1. The molecule has 1 aromatic carbocycles. The Bertz CT molecular complexity index is 1120. The highest BCUT2D eigenvalue weighted by Gasteiger charge is 2.55. The van der Waals surface area contributed by atoms with E-state index in [1.807, 2.05) is 6.07 Å². The maximum atomic E-state index is 13.5. The summed E-state index contributed by atoms with van der Waals surface area (Å²) in [6, 6.07) is 11.9. The summed E-state index contributed by atoms with van der Waals surface area (Å²) in [7, 11) is 0. The molecule has 1 aliphatic heterocycles. The molecule has 2 fully saturated rings. The quantitative estimate of drug-likeness (QED) is 0.563. The van der Waals surface area contributed by atoms with E-state index in [9.17, 15) is 23.2 Å². The number of hydrogen-bond donors (Lipinski definition) is 1. The molecule has 164 valence electrons. The molecule has 2 aliphatic rings. The topological polar surface area (TPSA) is 112 Å². The number of ketones is 1. The average molecular weight is 440 g/mol. The number of urea groups is 1. The number of rotatable bonds is 5. The van der Waals surface area contributed by atoms with Gasteiger partial charge in [0.05, 0.1) is 6.54 Å². The Hall–Kier alpha value is -3.87. The maximum absolute atomic E-state index is 13.5. The second-order valence-electron chi connectivity index (χ2n) is 7.78. The number of hydrogen-bond acceptors (Lipinski definition) is 6. The molecule has 2 heterocycles. The summed E-state index contributed by atoms with van der Waals surface area (Å²) in [5.74, 6) is -3.39. The van der Waals surface area contributed by atoms with Gasteiger partial charge in [0.15, 0.2) is 5.78 Å². The maximum Gasteiger partial charge on any atom is 0.325 e. The fraction of sp³-hybridized carbons (Fsp3) is 0.318. The van der Waals surface area contributed by atoms with Gasteiger partial charge in [-0.2, -0.15) is 5.26 Å². The zero-order valence-corrected chi connectivity index (χ0v) is 16.8. The van der Waals surface area contributed by atoms with Crippen molar-refractivity contribution in [1.82, 2.24) is 15.2 Å². The molecule has 0 bridgehead atoms. The number of benzene rings is 1. The number of nitriles is 1. The van der Waals surface area contributed by atoms with Crippen molar-refractivity contribution in [2.75, 3.05) is 6.54 Å². The second kappa shape index (κ2) is 8.00. The van der Waals surface area contributed by atoms with Gasteiger partial charge in [-0.3, -0.25) is 14.5 Å². The molecule has 1 aliphatic carbocycles. The number of pyridine rings is 1. The lowest BCUT2D eigenvalue weighted by atomic mass is 9.80. The van der Waals surface area contributed by atoms with Crippen LogP contribution in [-0.2, 0) is 4.79 Å². The Morgan fingerprint density at radius 2 is 1.81 bits per heavy atom. The van der Waals surface area contributed by atoms with Crippen LogP contribution in [0.1, 0.15) is 41.7 Å². The minimum Gasteiger partial charge on any atom is -0.439 e. The summed E-state index contributed by atoms with van der Waals surface area (Å²) < 4.78 is 32.5. The van der Waals surface area contributed by atoms with Crippen LogP contribution in [0.3, 0.4) is 0 Å². The summed E-state index contributed by atoms with van der Waals surface area (Å²) in [5, 5.41) is 11.4. The van der Waals surface area contributed by atoms with Gasteiger partial charge in [0.2, 0.25) is 11.8 Å². The highest BCUT2D eigenvalue weighted by molar-refractivity contribution is 6.11. The minimum atomic E-state index is -2.85. The number of aromatic nitrogens is 1. The monoisotopic (exact) mass is 440 g/mol. The van der Waals surface area contributed by atoms with Crippen molar-refractivity contribution in [3.05, 3.63) is 53.7 Å². The number of ether oxygens (including phenoxy) is 1. The van der Waals surface area contributed by atoms with Crippen molar-refractivity contribution >= 4 is 17.7 Å². The van der Waals surface area contributed by atoms with E-state index in [1.165, 1.54) is 30.3 Å². The van der Waals surface area contributed by atoms with Gasteiger partial charge in [0.1, 0.15) is 23.1 Å². The Morgan fingerprint density at radius 3 is 2.47 bits per heavy atom. The van der Waals surface area contributed by atoms with Gasteiger partial charge in [-0.05, 0) is 43.2 Å². The lowest BCUT2D eigenvalue weighted by molar-refractivity contribution is -0.135. The summed E-state index contributed by atoms with van der Waals surface area (Å²) >= 11 is 0. The molecule has 0 atom stereocenters. The largest absolute Gasteiger partial charge is 0.439 e. The van der Waals surface area contributed by atoms with E-state index in [0.717, 1.165) is 4.90 Å². The van der Waals surface area contributed by atoms with Crippen molar-refractivity contribution in [3.63, 3.8) is 0 Å². The molecule has 32 heavy (non-hydrogen) atoms. The van der Waals surface area contributed by atoms with Gasteiger partial charge < -0.3 is 10.1 Å². The van der Waals surface area contributed by atoms with Crippen LogP contribution in [-0.4, -0.2) is 45.6 Å². The number of halogens is 2. The molecular weight excluding hydrogens is 422 g/mol. The fourth-order valence-electron chi connectivity index (χ4n) is 3.80. The molecule has 3 amide bonds. The fourth-order valence-corrected chi connectivity index (χ4v) is 3.80. The van der Waals surface area contributed by atoms with Crippen LogP contribution < -0.4 is 10.1 Å². The first-order valence-corrected chi connectivity index (χ1v) is 9.92. The van der Waals surface area contributed by atoms with E-state index in [2.05, 4.69) is 10.3 Å². The number of nitrogens with zero attached hydrogens (tertiary/aromatic N) is 3. The first kappa shape index (κ1) is 21.4. The van der Waals surface area contributed by atoms with Crippen molar-refractivity contribution in [2.24, 2.45) is 0 Å². The van der Waals surface area contributed by atoms with Crippen LogP contribution in [0.4, 0.5) is 13.6 Å². The summed E-state index contributed by atoms with van der Waals surface area (Å²) in [6.45, 7) is -0.491. The van der Waals surface area contributed by atoms with Gasteiger partial charge in [0.25, 0.3) is 5.91 Å². The lowest BCUT2D eigenvalue weighted by Gasteiger charge is -2.34. The Kier molecular flexibility index (Phi) is 5.34. The molecule has 0 unspecified atom stereocenters. The third-order valence-corrected chi connectivity index (χ3v) is 5.62. The molecule has 8 nitrogen and oxygen atoms in total. The normalized spacial score (nSPS) is 18.8. The Morgan fingerprint density at radius 1 is 1.12 bits per heavy atom. The van der Waals surface area contributed by atoms with Crippen LogP contribution in [0.15, 0.2) is 42.5 Å². The molecule has 2 aromatic rings. The lowest BCUT2D eigenvalue weighted by Crippen LogP contribution is -2.51. The van der Waals surface area contributed by atoms with E-state index in [-0.39, 0.29) is 30.0 Å². The van der Waals surface area contributed by atoms with E-state index in [1.54, 1.807) is 12.1 Å². The molecule has 1 N–H and O–H groups in total. The van der Waals surface area contributed by atoms with E-state index >= 15 is 0 Å². The van der Waals surface area contributed by atoms with Crippen molar-refractivity contribution < 1.29 is 27.9 Å². The molecule has 0 radical (unpaired) electrons. The number of carbonyl (C=O) groups excluding carboxylic acids is 3. The summed E-state index contributed by atoms with van der Waals surface area (Å²) in [4.78, 5) is 42.5. The number of carbonyl (C=O) groups is 3. The van der Waals surface area contributed by atoms with Crippen molar-refractivity contribution in [2.45, 2.75) is 37.1 Å². The second-order valence-corrected chi connectivity index (χ2v) is 7.78. The predicted molar refractivity (Wildman–Crippen MR) is 106 cm³/mol. The number of amides is 3. The first-order valence-electron chi connectivity index (χ1n) is 9.92. The molecular formula is C22H18F2N4O4. The van der Waals surface area contributed by atoms with Crippen LogP contribution in [0, 0.1) is 11.3 Å². The molecule has 1 saturated carbocycles. The predicted octanol–water partition coefficient (Wildman–Crippen LogP) is 3.43. The zero-order valence-electron chi connectivity index (χ0n) is 16.8. The molecule has 1 spiro atoms. The van der Waals surface area contributed by atoms with Gasteiger partial charge >= 0.3 is 6.03 Å². The Balaban J connectivity index is 1.41. The minimum absolute atomic E-state index is 0.164. The average Bonchev–Trinajstić information content (AvgIpc) is 3.01. The molecule has 1 saturated heterocycles. The molecule has 1 aromatic heterocycles. The number of alkyl halides is 2. The molecule has 4 rings (SSSR count). The van der Waals surface area contributed by atoms with Gasteiger partial charge in [-0.15, -0.1) is 0 Å². The summed E-state index contributed by atoms with van der Waals surface area (Å²) in [5.41, 5.74) is -0.919. The Labute approximate surface area is 181 Å². The van der Waals surface area contributed by atoms with Crippen molar-refractivity contribution in [1.29, 1.82) is 5.26 Å². The van der Waals surface area contributed by atoms with Crippen LogP contribution >= 0.6 is 0 Å². The van der Waals surface area contributed by atoms with E-state index in [0.29, 0.717) is 5.75 Å². The van der Waals surface area contributed by atoms with Crippen LogP contribution in [0.25, 0.3) is 0 Å². The van der Waals surface area contributed by atoms with Gasteiger partial charge in [-0.25, -0.2) is 18.6 Å². The van der Waals surface area contributed by atoms with E-state index in [4.69, 9.17) is 10.00 Å². The smallest absolute Gasteiger partial charge is 0.325 e. The SMILES string of the molecule is N#Cc1cccc(Oc2ccc(C(=O)CN3C(=O)NC4(CCC(F)(F)CC4)C3=O)cc2)n1. The van der Waals surface area contributed by atoms with E-state index < -0.39 is 48.6 Å². The number of imide groups is 1. The zero-order chi connectivity index (χ0) is 22.9. The van der Waals surface area contributed by atoms with Gasteiger partial charge in [0, 0.05) is 24.5 Å². The van der Waals surface area contributed by atoms with Crippen LogP contribution in [0.2, 0.25) is 0 Å².